The molecule has 9 heteroatoms. The Morgan fingerprint density at radius 3 is 2.41 bits per heavy atom. The summed E-state index contributed by atoms with van der Waals surface area (Å²) in [6, 6.07) is 17.2. The number of ether oxygens (including phenoxy) is 1. The van der Waals surface area contributed by atoms with E-state index in [1.54, 1.807) is 36.4 Å². The number of rotatable bonds is 6. The molecule has 0 bridgehead atoms. The van der Waals surface area contributed by atoms with Gasteiger partial charge in [0.25, 0.3) is 0 Å². The topological polar surface area (TPSA) is 93.4 Å². The zero-order valence-electron chi connectivity index (χ0n) is 22.2. The molecule has 4 N–H and O–H groups in total. The van der Waals surface area contributed by atoms with E-state index < -0.39 is 35.3 Å². The van der Waals surface area contributed by atoms with Gasteiger partial charge < -0.3 is 21.1 Å². The Labute approximate surface area is 241 Å². The predicted octanol–water partition coefficient (Wildman–Crippen LogP) is 6.38. The molecule has 39 heavy (non-hydrogen) atoms. The van der Waals surface area contributed by atoms with Gasteiger partial charge in [0.2, 0.25) is 5.91 Å². The van der Waals surface area contributed by atoms with Crippen molar-refractivity contribution in [3.05, 3.63) is 98.7 Å². The molecule has 0 radical (unpaired) electrons. The zero-order valence-corrected chi connectivity index (χ0v) is 24.6. The van der Waals surface area contributed by atoms with Crippen LogP contribution in [0.4, 0.5) is 10.1 Å². The number of anilines is 1. The van der Waals surface area contributed by atoms with Crippen LogP contribution in [-0.4, -0.2) is 31.1 Å². The summed E-state index contributed by atoms with van der Waals surface area (Å²) in [7, 11) is 1.31. The molecule has 1 fully saturated rings. The van der Waals surface area contributed by atoms with Gasteiger partial charge in [-0.25, -0.2) is 9.18 Å². The van der Waals surface area contributed by atoms with Crippen molar-refractivity contribution >= 4 is 45.1 Å². The normalized spacial score (nSPS) is 22.9. The first kappa shape index (κ1) is 29.2. The average Bonchev–Trinajstić information content (AvgIpc) is 3.15. The largest absolute Gasteiger partial charge is 0.465 e. The third-order valence-electron chi connectivity index (χ3n) is 7.08. The van der Waals surface area contributed by atoms with E-state index in [9.17, 15) is 9.59 Å². The van der Waals surface area contributed by atoms with E-state index in [-0.39, 0.29) is 21.9 Å². The first-order valence-corrected chi connectivity index (χ1v) is 13.8. The molecule has 206 valence electrons. The average molecular weight is 617 g/mol. The molecular formula is C30H32BrClFN3O3. The minimum atomic E-state index is -1.29. The van der Waals surface area contributed by atoms with Gasteiger partial charge in [0.15, 0.2) is 0 Å². The van der Waals surface area contributed by atoms with Gasteiger partial charge in [0.05, 0.1) is 24.3 Å². The second kappa shape index (κ2) is 11.4. The third-order valence-corrected chi connectivity index (χ3v) is 7.81. The molecule has 0 aromatic heterocycles. The van der Waals surface area contributed by atoms with E-state index in [0.29, 0.717) is 17.7 Å². The molecule has 0 unspecified atom stereocenters. The summed E-state index contributed by atoms with van der Waals surface area (Å²) in [4.78, 5) is 25.7. The van der Waals surface area contributed by atoms with Crippen molar-refractivity contribution in [3.8, 4) is 0 Å². The second-order valence-corrected chi connectivity index (χ2v) is 12.5. The number of benzene rings is 3. The molecule has 4 atom stereocenters. The summed E-state index contributed by atoms with van der Waals surface area (Å²) >= 11 is 9.63. The summed E-state index contributed by atoms with van der Waals surface area (Å²) in [5.41, 5.74) is 7.78. The van der Waals surface area contributed by atoms with Crippen molar-refractivity contribution < 1.29 is 18.7 Å². The fourth-order valence-electron chi connectivity index (χ4n) is 5.40. The van der Waals surface area contributed by atoms with Crippen molar-refractivity contribution in [1.29, 1.82) is 0 Å². The van der Waals surface area contributed by atoms with Crippen molar-refractivity contribution in [2.24, 2.45) is 11.1 Å². The van der Waals surface area contributed by atoms with E-state index in [1.165, 1.54) is 13.2 Å². The van der Waals surface area contributed by atoms with Crippen molar-refractivity contribution in [2.75, 3.05) is 12.4 Å². The number of hydrogen-bond donors (Lipinski definition) is 3. The molecule has 1 amide bonds. The predicted molar refractivity (Wildman–Crippen MR) is 155 cm³/mol. The van der Waals surface area contributed by atoms with Gasteiger partial charge in [-0.2, -0.15) is 0 Å². The lowest BCUT2D eigenvalue weighted by Gasteiger charge is -2.39. The zero-order chi connectivity index (χ0) is 28.5. The number of esters is 1. The first-order valence-electron chi connectivity index (χ1n) is 12.6. The Bertz CT molecular complexity index is 1380. The van der Waals surface area contributed by atoms with Crippen molar-refractivity contribution in [2.45, 2.75) is 50.7 Å². The minimum Gasteiger partial charge on any atom is -0.465 e. The van der Waals surface area contributed by atoms with Crippen molar-refractivity contribution in [1.82, 2.24) is 5.32 Å². The van der Waals surface area contributed by atoms with Crippen LogP contribution in [0.25, 0.3) is 0 Å². The number of nitrogens with two attached hydrogens (primary N) is 1. The van der Waals surface area contributed by atoms with Gasteiger partial charge >= 0.3 is 5.97 Å². The SMILES string of the molecule is COC(=O)c1ccc(NC(=O)[C@@H]2N[C@@H](CC(C)(C)C)[C@](N)(c3ccc(Cl)cc3F)[C@H]2c2cccc(Br)c2)cc1. The summed E-state index contributed by atoms with van der Waals surface area (Å²) < 4.78 is 21.2. The van der Waals surface area contributed by atoms with Crippen LogP contribution in [0, 0.1) is 11.2 Å². The Kier molecular flexibility index (Phi) is 8.52. The van der Waals surface area contributed by atoms with Crippen LogP contribution in [0.3, 0.4) is 0 Å². The lowest BCUT2D eigenvalue weighted by Crippen LogP contribution is -2.52. The number of halogens is 3. The molecule has 6 nitrogen and oxygen atoms in total. The monoisotopic (exact) mass is 615 g/mol. The van der Waals surface area contributed by atoms with Crippen LogP contribution in [0.1, 0.15) is 54.6 Å². The quantitative estimate of drug-likeness (QED) is 0.280. The van der Waals surface area contributed by atoms with Crippen LogP contribution in [0.15, 0.2) is 71.2 Å². The maximum Gasteiger partial charge on any atom is 0.337 e. The summed E-state index contributed by atoms with van der Waals surface area (Å²) in [6.07, 6.45) is 0.577. The van der Waals surface area contributed by atoms with Gasteiger partial charge in [-0.05, 0) is 65.9 Å². The highest BCUT2D eigenvalue weighted by Gasteiger charge is 2.57. The van der Waals surface area contributed by atoms with Crippen molar-refractivity contribution in [3.63, 3.8) is 0 Å². The molecule has 0 spiro atoms. The number of carbonyl (C=O) groups excluding carboxylic acids is 2. The molecular weight excluding hydrogens is 585 g/mol. The smallest absolute Gasteiger partial charge is 0.337 e. The molecule has 4 rings (SSSR count). The molecule has 3 aromatic carbocycles. The van der Waals surface area contributed by atoms with Crippen LogP contribution in [-0.2, 0) is 15.1 Å². The number of methoxy groups -OCH3 is 1. The lowest BCUT2D eigenvalue weighted by molar-refractivity contribution is -0.118. The van der Waals surface area contributed by atoms with E-state index in [4.69, 9.17) is 22.1 Å². The Balaban J connectivity index is 1.81. The highest BCUT2D eigenvalue weighted by molar-refractivity contribution is 9.10. The van der Waals surface area contributed by atoms with E-state index in [0.717, 1.165) is 10.0 Å². The molecule has 1 heterocycles. The fourth-order valence-corrected chi connectivity index (χ4v) is 5.98. The number of nitrogens with one attached hydrogen (secondary N) is 2. The minimum absolute atomic E-state index is 0.178. The van der Waals surface area contributed by atoms with E-state index in [2.05, 4.69) is 47.3 Å². The molecule has 3 aromatic rings. The van der Waals surface area contributed by atoms with Gasteiger partial charge in [-0.1, -0.05) is 66.5 Å². The van der Waals surface area contributed by atoms with Crippen LogP contribution in [0.5, 0.6) is 0 Å². The molecule has 1 saturated heterocycles. The van der Waals surface area contributed by atoms with E-state index >= 15 is 4.39 Å². The molecule has 1 aliphatic heterocycles. The fraction of sp³-hybridized carbons (Fsp3) is 0.333. The summed E-state index contributed by atoms with van der Waals surface area (Å²) in [6.45, 7) is 6.24. The molecule has 1 aliphatic rings. The summed E-state index contributed by atoms with van der Waals surface area (Å²) in [5, 5.41) is 6.69. The lowest BCUT2D eigenvalue weighted by atomic mass is 9.68. The van der Waals surface area contributed by atoms with Gasteiger partial charge in [0.1, 0.15) is 5.82 Å². The molecule has 0 saturated carbocycles. The highest BCUT2D eigenvalue weighted by Crippen LogP contribution is 2.49. The maximum absolute atomic E-state index is 15.6. The Hall–Kier alpha value is -2.78. The number of hydrogen-bond acceptors (Lipinski definition) is 5. The van der Waals surface area contributed by atoms with Crippen LogP contribution in [0.2, 0.25) is 5.02 Å². The molecule has 0 aliphatic carbocycles. The van der Waals surface area contributed by atoms with E-state index in [1.807, 2.05) is 24.3 Å². The summed E-state index contributed by atoms with van der Waals surface area (Å²) in [5.74, 6) is -1.95. The highest BCUT2D eigenvalue weighted by atomic mass is 79.9. The Morgan fingerprint density at radius 1 is 1.13 bits per heavy atom. The standard InChI is InChI=1S/C30H32BrClFN3O3/c1-29(2,3)16-24-30(34,22-13-10-20(32)15-23(22)33)25(18-6-5-7-19(31)14-18)26(36-24)27(37)35-21-11-8-17(9-12-21)28(38)39-4/h5-15,24-26,36H,16,34H2,1-4H3,(H,35,37)/t24-,25-,26+,30+/m0/s1. The van der Waals surface area contributed by atoms with Gasteiger partial charge in [0, 0.05) is 32.7 Å². The maximum atomic E-state index is 15.6. The number of amides is 1. The van der Waals surface area contributed by atoms with Gasteiger partial charge in [-0.3, -0.25) is 4.79 Å². The van der Waals surface area contributed by atoms with Gasteiger partial charge in [-0.15, -0.1) is 0 Å². The third kappa shape index (κ3) is 6.19. The van der Waals surface area contributed by atoms with Crippen LogP contribution < -0.4 is 16.4 Å². The number of carbonyl (C=O) groups is 2. The Morgan fingerprint density at radius 2 is 1.82 bits per heavy atom. The second-order valence-electron chi connectivity index (χ2n) is 11.1. The first-order chi connectivity index (χ1) is 18.3. The van der Waals surface area contributed by atoms with Crippen LogP contribution >= 0.6 is 27.5 Å².